The molecule has 0 saturated carbocycles. The van der Waals surface area contributed by atoms with Crippen LogP contribution in [0, 0.1) is 13.8 Å². The van der Waals surface area contributed by atoms with Crippen LogP contribution in [-0.4, -0.2) is 53.9 Å². The highest BCUT2D eigenvalue weighted by molar-refractivity contribution is 5.98. The summed E-state index contributed by atoms with van der Waals surface area (Å²) in [5.74, 6) is -1.27. The summed E-state index contributed by atoms with van der Waals surface area (Å²) in [6.07, 6.45) is 2.33. The molecule has 2 amide bonds. The molecule has 2 atom stereocenters. The lowest BCUT2D eigenvalue weighted by Gasteiger charge is -2.29. The highest BCUT2D eigenvalue weighted by atomic mass is 16.5. The molecule has 7 heteroatoms. The van der Waals surface area contributed by atoms with Gasteiger partial charge in [0.2, 0.25) is 5.91 Å². The van der Waals surface area contributed by atoms with E-state index < -0.39 is 24.0 Å². The monoisotopic (exact) mass is 587 g/mol. The van der Waals surface area contributed by atoms with Crippen molar-refractivity contribution in [1.29, 1.82) is 0 Å². The molecule has 1 heterocycles. The first-order valence-electron chi connectivity index (χ1n) is 14.7. The van der Waals surface area contributed by atoms with Gasteiger partial charge in [-0.05, 0) is 54.3 Å². The summed E-state index contributed by atoms with van der Waals surface area (Å²) in [6, 6.07) is 29.6. The molecule has 5 rings (SSSR count). The fraction of sp³-hybridized carbons (Fsp3) is 0.216. The summed E-state index contributed by atoms with van der Waals surface area (Å²) in [7, 11) is 2.94. The zero-order chi connectivity index (χ0) is 31.2. The third-order valence-corrected chi connectivity index (χ3v) is 7.95. The van der Waals surface area contributed by atoms with E-state index in [9.17, 15) is 14.4 Å². The number of aromatic nitrogens is 1. The topological polar surface area (TPSA) is 91.5 Å². The van der Waals surface area contributed by atoms with Crippen LogP contribution in [0.1, 0.15) is 32.6 Å². The van der Waals surface area contributed by atoms with Gasteiger partial charge in [-0.2, -0.15) is 0 Å². The predicted molar refractivity (Wildman–Crippen MR) is 173 cm³/mol. The number of benzene rings is 4. The van der Waals surface area contributed by atoms with Crippen LogP contribution in [0.3, 0.4) is 0 Å². The maximum Gasteiger partial charge on any atom is 0.328 e. The minimum atomic E-state index is -0.945. The van der Waals surface area contributed by atoms with E-state index in [1.165, 1.54) is 12.0 Å². The second-order valence-electron chi connectivity index (χ2n) is 11.2. The summed E-state index contributed by atoms with van der Waals surface area (Å²) in [6.45, 7) is 3.88. The number of hydrogen-bond acceptors (Lipinski definition) is 4. The van der Waals surface area contributed by atoms with Crippen LogP contribution in [0.2, 0.25) is 0 Å². The van der Waals surface area contributed by atoms with Crippen molar-refractivity contribution in [3.63, 3.8) is 0 Å². The Bertz CT molecular complexity index is 1760. The van der Waals surface area contributed by atoms with E-state index in [0.717, 1.165) is 44.3 Å². The molecule has 0 bridgehead atoms. The first-order valence-corrected chi connectivity index (χ1v) is 14.7. The zero-order valence-corrected chi connectivity index (χ0v) is 25.5. The van der Waals surface area contributed by atoms with Crippen LogP contribution < -0.4 is 5.32 Å². The number of rotatable bonds is 10. The van der Waals surface area contributed by atoms with Crippen LogP contribution in [0.25, 0.3) is 22.0 Å². The van der Waals surface area contributed by atoms with E-state index in [-0.39, 0.29) is 18.7 Å². The normalized spacial score (nSPS) is 12.4. The first-order chi connectivity index (χ1) is 21.2. The van der Waals surface area contributed by atoms with Crippen LogP contribution in [0.4, 0.5) is 0 Å². The number of nitrogens with one attached hydrogen (secondary N) is 2. The molecule has 1 aromatic heterocycles. The number of likely N-dealkylation sites (N-methyl/N-ethyl adjacent to an activating group) is 1. The number of nitrogens with zero attached hydrogens (tertiary/aromatic N) is 1. The van der Waals surface area contributed by atoms with Gasteiger partial charge in [0.1, 0.15) is 12.1 Å². The van der Waals surface area contributed by atoms with Crippen LogP contribution in [0.15, 0.2) is 103 Å². The van der Waals surface area contributed by atoms with Gasteiger partial charge in [-0.3, -0.25) is 9.59 Å². The van der Waals surface area contributed by atoms with Crippen LogP contribution >= 0.6 is 0 Å². The second kappa shape index (κ2) is 13.4. The summed E-state index contributed by atoms with van der Waals surface area (Å²) in [5.41, 5.74) is 7.28. The Labute approximate surface area is 257 Å². The van der Waals surface area contributed by atoms with Gasteiger partial charge >= 0.3 is 5.97 Å². The number of fused-ring (bicyclic) bond motifs is 1. The fourth-order valence-corrected chi connectivity index (χ4v) is 5.66. The Hall–Kier alpha value is -5.17. The molecular weight excluding hydrogens is 550 g/mol. The molecule has 1 unspecified atom stereocenters. The minimum absolute atomic E-state index is 0.232. The van der Waals surface area contributed by atoms with Crippen molar-refractivity contribution in [1.82, 2.24) is 15.2 Å². The largest absolute Gasteiger partial charge is 0.467 e. The molecule has 0 aliphatic heterocycles. The maximum atomic E-state index is 14.0. The molecule has 0 fully saturated rings. The van der Waals surface area contributed by atoms with Gasteiger partial charge in [-0.25, -0.2) is 4.79 Å². The van der Waals surface area contributed by atoms with Crippen molar-refractivity contribution >= 4 is 28.7 Å². The summed E-state index contributed by atoms with van der Waals surface area (Å²) in [5, 5.41) is 3.88. The highest BCUT2D eigenvalue weighted by Crippen LogP contribution is 2.22. The molecule has 2 N–H and O–H groups in total. The number of carbonyl (C=O) groups excluding carboxylic acids is 3. The molecular formula is C37H37N3O4. The molecule has 224 valence electrons. The van der Waals surface area contributed by atoms with E-state index in [4.69, 9.17) is 4.74 Å². The number of para-hydroxylation sites is 1. The Morgan fingerprint density at radius 3 is 2.14 bits per heavy atom. The predicted octanol–water partition coefficient (Wildman–Crippen LogP) is 6.04. The van der Waals surface area contributed by atoms with Crippen molar-refractivity contribution in [3.05, 3.63) is 131 Å². The average Bonchev–Trinajstić information content (AvgIpc) is 3.45. The van der Waals surface area contributed by atoms with Gasteiger partial charge in [0, 0.05) is 42.6 Å². The zero-order valence-electron chi connectivity index (χ0n) is 25.5. The smallest absolute Gasteiger partial charge is 0.328 e. The number of carbonyl (C=O) groups is 3. The van der Waals surface area contributed by atoms with Crippen molar-refractivity contribution < 1.29 is 19.1 Å². The Balaban J connectivity index is 1.43. The van der Waals surface area contributed by atoms with Gasteiger partial charge < -0.3 is 19.9 Å². The highest BCUT2D eigenvalue weighted by Gasteiger charge is 2.32. The van der Waals surface area contributed by atoms with E-state index in [2.05, 4.69) is 10.3 Å². The van der Waals surface area contributed by atoms with Crippen molar-refractivity contribution in [2.75, 3.05) is 14.2 Å². The lowest BCUT2D eigenvalue weighted by atomic mass is 9.98. The number of hydrogen-bond donors (Lipinski definition) is 2. The van der Waals surface area contributed by atoms with Gasteiger partial charge in [-0.1, -0.05) is 90.0 Å². The minimum Gasteiger partial charge on any atom is -0.467 e. The van der Waals surface area contributed by atoms with E-state index >= 15 is 0 Å². The number of aromatic amines is 1. The molecule has 44 heavy (non-hydrogen) atoms. The summed E-state index contributed by atoms with van der Waals surface area (Å²) >= 11 is 0. The number of H-pyrrole nitrogens is 1. The number of amides is 2. The van der Waals surface area contributed by atoms with Crippen molar-refractivity contribution in [2.24, 2.45) is 0 Å². The van der Waals surface area contributed by atoms with Gasteiger partial charge in [0.05, 0.1) is 7.11 Å². The molecule has 0 radical (unpaired) electrons. The third-order valence-electron chi connectivity index (χ3n) is 7.95. The van der Waals surface area contributed by atoms with E-state index in [0.29, 0.717) is 5.56 Å². The second-order valence-corrected chi connectivity index (χ2v) is 11.2. The molecule has 0 spiro atoms. The van der Waals surface area contributed by atoms with Gasteiger partial charge in [-0.15, -0.1) is 0 Å². The van der Waals surface area contributed by atoms with E-state index in [1.807, 2.05) is 117 Å². The Kier molecular flexibility index (Phi) is 9.24. The number of methoxy groups -OCH3 is 1. The van der Waals surface area contributed by atoms with E-state index in [1.54, 1.807) is 7.05 Å². The average molecular weight is 588 g/mol. The van der Waals surface area contributed by atoms with Crippen molar-refractivity contribution in [2.45, 2.75) is 38.8 Å². The number of ether oxygens (including phenoxy) is 1. The number of esters is 1. The quantitative estimate of drug-likeness (QED) is 0.195. The Morgan fingerprint density at radius 1 is 0.818 bits per heavy atom. The summed E-state index contributed by atoms with van der Waals surface area (Å²) in [4.78, 5) is 45.4. The number of aryl methyl sites for hydroxylation is 2. The van der Waals surface area contributed by atoms with Gasteiger partial charge in [0.25, 0.3) is 5.91 Å². The maximum absolute atomic E-state index is 14.0. The lowest BCUT2D eigenvalue weighted by molar-refractivity contribution is -0.145. The first kappa shape index (κ1) is 30.3. The lowest BCUT2D eigenvalue weighted by Crippen LogP contribution is -2.53. The van der Waals surface area contributed by atoms with Crippen molar-refractivity contribution in [3.8, 4) is 11.1 Å². The molecule has 4 aromatic carbocycles. The van der Waals surface area contributed by atoms with Crippen LogP contribution in [0.5, 0.6) is 0 Å². The molecule has 0 aliphatic rings. The third kappa shape index (κ3) is 6.89. The molecule has 7 nitrogen and oxygen atoms in total. The molecule has 0 aliphatic carbocycles. The SMILES string of the molecule is COC(=O)C(Cc1c[nH]c2ccccc12)NC(=O)[C@@H](Cc1ccc(-c2ccccc2)cc1)N(C)C(=O)c1cc(C)cc(C)c1. The van der Waals surface area contributed by atoms with Gasteiger partial charge in [0.15, 0.2) is 0 Å². The Morgan fingerprint density at radius 2 is 1.45 bits per heavy atom. The molecule has 5 aromatic rings. The standard InChI is InChI=1S/C37H37N3O4/c1-24-18-25(2)20-29(19-24)36(42)40(3)34(21-26-14-16-28(17-15-26)27-10-6-5-7-11-27)35(41)39-33(37(43)44-4)22-30-23-38-32-13-9-8-12-31(30)32/h5-20,23,33-34,38H,21-22H2,1-4H3,(H,39,41)/t33?,34-/m1/s1. The molecule has 0 saturated heterocycles. The van der Waals surface area contributed by atoms with Crippen LogP contribution in [-0.2, 0) is 27.2 Å². The fourth-order valence-electron chi connectivity index (χ4n) is 5.66. The summed E-state index contributed by atoms with van der Waals surface area (Å²) < 4.78 is 5.09.